The molecule has 1 rings (SSSR count). The van der Waals surface area contributed by atoms with E-state index in [9.17, 15) is 45.3 Å². The third-order valence-corrected chi connectivity index (χ3v) is 4.40. The number of ether oxygens (including phenoxy) is 2. The predicted octanol–water partition coefficient (Wildman–Crippen LogP) is -5.47. The lowest BCUT2D eigenvalue weighted by Crippen LogP contribution is -2.64. The fourth-order valence-electron chi connectivity index (χ4n) is 2.86. The Kier molecular flexibility index (Phi) is 10.3. The minimum atomic E-state index is -1.81. The van der Waals surface area contributed by atoms with Crippen molar-refractivity contribution in [1.82, 2.24) is 10.6 Å². The Bertz CT molecular complexity index is 535. The van der Waals surface area contributed by atoms with Crippen LogP contribution in [0, 0.1) is 0 Å². The lowest BCUT2D eigenvalue weighted by molar-refractivity contribution is -0.320. The monoisotopic (exact) mass is 426 g/mol. The number of carbonyl (C=O) groups excluding carboxylic acids is 2. The first-order valence-electron chi connectivity index (χ1n) is 8.97. The molecule has 1 saturated heterocycles. The van der Waals surface area contributed by atoms with E-state index in [1.54, 1.807) is 0 Å². The van der Waals surface area contributed by atoms with Crippen molar-refractivity contribution < 1.29 is 54.8 Å². The van der Waals surface area contributed by atoms with Gasteiger partial charge < -0.3 is 55.9 Å². The zero-order valence-electron chi connectivity index (χ0n) is 16.1. The van der Waals surface area contributed by atoms with Crippen LogP contribution in [0.25, 0.3) is 0 Å². The number of hydrogen-bond acceptors (Lipinski definition) is 11. The summed E-state index contributed by atoms with van der Waals surface area (Å²) in [6.07, 6.45) is -12.9. The van der Waals surface area contributed by atoms with Crippen LogP contribution in [0.4, 0.5) is 0 Å². The van der Waals surface area contributed by atoms with Crippen LogP contribution in [0.3, 0.4) is 0 Å². The Morgan fingerprint density at radius 1 is 1.00 bits per heavy atom. The highest BCUT2D eigenvalue weighted by Gasteiger charge is 2.47. The number of rotatable bonds is 10. The lowest BCUT2D eigenvalue weighted by Gasteiger charge is -2.43. The summed E-state index contributed by atoms with van der Waals surface area (Å²) in [6.45, 7) is 0.368. The average molecular weight is 426 g/mol. The van der Waals surface area contributed by atoms with E-state index in [0.29, 0.717) is 0 Å². The van der Waals surface area contributed by atoms with Crippen LogP contribution in [0.5, 0.6) is 0 Å². The van der Waals surface area contributed by atoms with Crippen LogP contribution in [-0.2, 0) is 19.1 Å². The summed E-state index contributed by atoms with van der Waals surface area (Å²) in [7, 11) is 0. The van der Waals surface area contributed by atoms with E-state index in [-0.39, 0.29) is 6.54 Å². The third kappa shape index (κ3) is 7.09. The molecule has 13 nitrogen and oxygen atoms in total. The molecular weight excluding hydrogens is 396 g/mol. The zero-order valence-corrected chi connectivity index (χ0v) is 16.1. The first-order chi connectivity index (χ1) is 13.5. The summed E-state index contributed by atoms with van der Waals surface area (Å²) in [5.41, 5.74) is 0. The Balaban J connectivity index is 3.14. The first kappa shape index (κ1) is 25.6. The maximum atomic E-state index is 11.5. The number of carbonyl (C=O) groups is 2. The second-order valence-corrected chi connectivity index (χ2v) is 6.78. The standard InChI is InChI=1S/C16H30N2O11/c1-6(21)17-3-8(23)15(11(9(24)4-19)18-7(2)22)29-16-14(27)13(26)12(25)10(5-20)28-16/h8-16,19-20,23-27H,3-5H2,1-2H3,(H,17,21)(H,18,22). The SMILES string of the molecule is CC(=O)NCC(O)C(OC1OC(CO)C(O)C(O)C1O)C(NC(C)=O)C(O)CO. The maximum absolute atomic E-state index is 11.5. The Labute approximate surface area is 166 Å². The molecule has 0 bridgehead atoms. The van der Waals surface area contributed by atoms with Gasteiger partial charge in [-0.3, -0.25) is 9.59 Å². The number of aliphatic hydroxyl groups excluding tert-OH is 7. The highest BCUT2D eigenvalue weighted by Crippen LogP contribution is 2.25. The van der Waals surface area contributed by atoms with Crippen molar-refractivity contribution in [1.29, 1.82) is 0 Å². The predicted molar refractivity (Wildman–Crippen MR) is 94.0 cm³/mol. The zero-order chi connectivity index (χ0) is 22.3. The fraction of sp³-hybridized carbons (Fsp3) is 0.875. The van der Waals surface area contributed by atoms with Crippen LogP contribution < -0.4 is 10.6 Å². The summed E-state index contributed by atoms with van der Waals surface area (Å²) in [5.74, 6) is -1.13. The van der Waals surface area contributed by atoms with Crippen LogP contribution in [0.1, 0.15) is 13.8 Å². The Morgan fingerprint density at radius 3 is 2.10 bits per heavy atom. The average Bonchev–Trinajstić information content (AvgIpc) is 2.67. The van der Waals surface area contributed by atoms with Crippen LogP contribution in [0.15, 0.2) is 0 Å². The van der Waals surface area contributed by atoms with E-state index >= 15 is 0 Å². The molecule has 1 aliphatic rings. The number of amides is 2. The van der Waals surface area contributed by atoms with Crippen molar-refractivity contribution in [2.45, 2.75) is 68.9 Å². The van der Waals surface area contributed by atoms with Crippen molar-refractivity contribution in [2.75, 3.05) is 19.8 Å². The second kappa shape index (κ2) is 11.7. The van der Waals surface area contributed by atoms with Crippen molar-refractivity contribution >= 4 is 11.8 Å². The van der Waals surface area contributed by atoms with Gasteiger partial charge in [0.15, 0.2) is 6.29 Å². The normalized spacial score (nSPS) is 31.4. The van der Waals surface area contributed by atoms with Gasteiger partial charge in [-0.25, -0.2) is 0 Å². The molecule has 0 aromatic heterocycles. The van der Waals surface area contributed by atoms with Crippen molar-refractivity contribution in [3.63, 3.8) is 0 Å². The minimum absolute atomic E-state index is 0.383. The van der Waals surface area contributed by atoms with Crippen LogP contribution in [-0.4, -0.2) is 122 Å². The molecule has 0 radical (unpaired) electrons. The molecule has 29 heavy (non-hydrogen) atoms. The number of hydrogen-bond donors (Lipinski definition) is 9. The Morgan fingerprint density at radius 2 is 1.62 bits per heavy atom. The molecule has 0 aromatic rings. The van der Waals surface area contributed by atoms with E-state index in [2.05, 4.69) is 10.6 Å². The highest BCUT2D eigenvalue weighted by molar-refractivity contribution is 5.73. The molecule has 13 heteroatoms. The van der Waals surface area contributed by atoms with Gasteiger partial charge in [-0.1, -0.05) is 0 Å². The van der Waals surface area contributed by atoms with Gasteiger partial charge in [0.25, 0.3) is 0 Å². The van der Waals surface area contributed by atoms with E-state index in [0.717, 1.165) is 6.92 Å². The fourth-order valence-corrected chi connectivity index (χ4v) is 2.86. The minimum Gasteiger partial charge on any atom is -0.394 e. The lowest BCUT2D eigenvalue weighted by atomic mass is 9.97. The third-order valence-electron chi connectivity index (χ3n) is 4.40. The largest absolute Gasteiger partial charge is 0.394 e. The van der Waals surface area contributed by atoms with Crippen molar-refractivity contribution in [3.05, 3.63) is 0 Å². The van der Waals surface area contributed by atoms with Gasteiger partial charge in [0.05, 0.1) is 31.5 Å². The molecule has 9 unspecified atom stereocenters. The van der Waals surface area contributed by atoms with Gasteiger partial charge >= 0.3 is 0 Å². The molecule has 1 aliphatic heterocycles. The van der Waals surface area contributed by atoms with E-state index in [1.165, 1.54) is 6.92 Å². The molecule has 9 N–H and O–H groups in total. The molecule has 1 fully saturated rings. The van der Waals surface area contributed by atoms with E-state index < -0.39 is 80.1 Å². The Hall–Kier alpha value is -1.42. The molecule has 2 amide bonds. The molecule has 0 aromatic carbocycles. The molecule has 0 aliphatic carbocycles. The number of nitrogens with one attached hydrogen (secondary N) is 2. The molecule has 170 valence electrons. The van der Waals surface area contributed by atoms with Gasteiger partial charge in [0, 0.05) is 20.4 Å². The quantitative estimate of drug-likeness (QED) is 0.160. The molecule has 1 heterocycles. The smallest absolute Gasteiger partial charge is 0.217 e. The topological polar surface area (TPSA) is 218 Å². The summed E-state index contributed by atoms with van der Waals surface area (Å²) >= 11 is 0. The summed E-state index contributed by atoms with van der Waals surface area (Å²) < 4.78 is 10.7. The van der Waals surface area contributed by atoms with Gasteiger partial charge in [0.2, 0.25) is 11.8 Å². The maximum Gasteiger partial charge on any atom is 0.217 e. The second-order valence-electron chi connectivity index (χ2n) is 6.78. The number of aliphatic hydroxyl groups is 7. The molecule has 0 spiro atoms. The highest BCUT2D eigenvalue weighted by atomic mass is 16.7. The molecule has 0 saturated carbocycles. The van der Waals surface area contributed by atoms with Gasteiger partial charge in [-0.2, -0.15) is 0 Å². The summed E-state index contributed by atoms with van der Waals surface area (Å²) in [6, 6.07) is -1.41. The van der Waals surface area contributed by atoms with Gasteiger partial charge in [0.1, 0.15) is 30.5 Å². The van der Waals surface area contributed by atoms with Crippen molar-refractivity contribution in [3.8, 4) is 0 Å². The van der Waals surface area contributed by atoms with Gasteiger partial charge in [-0.05, 0) is 0 Å². The van der Waals surface area contributed by atoms with Crippen LogP contribution >= 0.6 is 0 Å². The van der Waals surface area contributed by atoms with E-state index in [1.807, 2.05) is 0 Å². The van der Waals surface area contributed by atoms with E-state index in [4.69, 9.17) is 9.47 Å². The summed E-state index contributed by atoms with van der Waals surface area (Å²) in [4.78, 5) is 22.7. The van der Waals surface area contributed by atoms with Gasteiger partial charge in [-0.15, -0.1) is 0 Å². The first-order valence-corrected chi connectivity index (χ1v) is 8.97. The van der Waals surface area contributed by atoms with Crippen molar-refractivity contribution in [2.24, 2.45) is 0 Å². The summed E-state index contributed by atoms with van der Waals surface area (Å²) in [5, 5.41) is 73.6. The molecule has 9 atom stereocenters. The molecular formula is C16H30N2O11. The van der Waals surface area contributed by atoms with Crippen LogP contribution in [0.2, 0.25) is 0 Å².